The van der Waals surface area contributed by atoms with Gasteiger partial charge in [0.15, 0.2) is 0 Å². The fourth-order valence-corrected chi connectivity index (χ4v) is 3.71. The van der Waals surface area contributed by atoms with Gasteiger partial charge in [-0.1, -0.05) is 24.8 Å². The van der Waals surface area contributed by atoms with Gasteiger partial charge in [-0.15, -0.1) is 0 Å². The Morgan fingerprint density at radius 1 is 1.50 bits per heavy atom. The summed E-state index contributed by atoms with van der Waals surface area (Å²) in [5, 5.41) is 0. The van der Waals surface area contributed by atoms with Crippen LogP contribution < -0.4 is 0 Å². The molecule has 2 aliphatic rings. The number of amides is 1. The molecule has 24 heavy (non-hydrogen) atoms. The molecule has 1 aromatic rings. The number of benzene rings is 1. The van der Waals surface area contributed by atoms with E-state index in [2.05, 4.69) is 45.5 Å². The number of ether oxygens (including phenoxy) is 2. The molecule has 0 aromatic heterocycles. The Bertz CT molecular complexity index is 632. The van der Waals surface area contributed by atoms with Crippen LogP contribution in [0.15, 0.2) is 30.9 Å². The molecule has 3 rings (SSSR count). The van der Waals surface area contributed by atoms with Crippen LogP contribution in [0.2, 0.25) is 0 Å². The SMILES string of the molecule is C=CC(=O)N(Cc1ccc2c(c1)COC2(C)C)C(C)C1CCOC1. The van der Waals surface area contributed by atoms with E-state index in [9.17, 15) is 4.79 Å². The van der Waals surface area contributed by atoms with E-state index in [0.29, 0.717) is 19.1 Å². The van der Waals surface area contributed by atoms with Crippen LogP contribution in [-0.4, -0.2) is 30.1 Å². The first-order valence-electron chi connectivity index (χ1n) is 8.69. The number of rotatable bonds is 5. The van der Waals surface area contributed by atoms with Gasteiger partial charge in [0, 0.05) is 25.1 Å². The fourth-order valence-electron chi connectivity index (χ4n) is 3.71. The predicted octanol–water partition coefficient (Wildman–Crippen LogP) is 3.39. The first kappa shape index (κ1) is 17.2. The Labute approximate surface area is 144 Å². The summed E-state index contributed by atoms with van der Waals surface area (Å²) in [5.41, 5.74) is 3.38. The monoisotopic (exact) mass is 329 g/mol. The van der Waals surface area contributed by atoms with Crippen LogP contribution in [0.5, 0.6) is 0 Å². The van der Waals surface area contributed by atoms with Crippen molar-refractivity contribution in [3.63, 3.8) is 0 Å². The number of hydrogen-bond donors (Lipinski definition) is 0. The molecule has 4 heteroatoms. The van der Waals surface area contributed by atoms with E-state index in [0.717, 1.165) is 25.2 Å². The Morgan fingerprint density at radius 3 is 2.96 bits per heavy atom. The average molecular weight is 329 g/mol. The van der Waals surface area contributed by atoms with E-state index < -0.39 is 0 Å². The van der Waals surface area contributed by atoms with Crippen LogP contribution in [0, 0.1) is 5.92 Å². The Morgan fingerprint density at radius 2 is 2.29 bits per heavy atom. The highest BCUT2D eigenvalue weighted by molar-refractivity contribution is 5.87. The van der Waals surface area contributed by atoms with Crippen LogP contribution in [0.3, 0.4) is 0 Å². The molecule has 0 spiro atoms. The van der Waals surface area contributed by atoms with Crippen molar-refractivity contribution >= 4 is 5.91 Å². The quantitative estimate of drug-likeness (QED) is 0.777. The molecule has 2 heterocycles. The lowest BCUT2D eigenvalue weighted by Crippen LogP contribution is -2.41. The third kappa shape index (κ3) is 3.26. The minimum Gasteiger partial charge on any atom is -0.381 e. The minimum atomic E-state index is -0.223. The van der Waals surface area contributed by atoms with E-state index in [1.54, 1.807) is 0 Å². The van der Waals surface area contributed by atoms with Crippen LogP contribution in [0.4, 0.5) is 0 Å². The summed E-state index contributed by atoms with van der Waals surface area (Å²) in [6.45, 7) is 12.7. The van der Waals surface area contributed by atoms with Crippen molar-refractivity contribution < 1.29 is 14.3 Å². The lowest BCUT2D eigenvalue weighted by molar-refractivity contribution is -0.129. The topological polar surface area (TPSA) is 38.8 Å². The van der Waals surface area contributed by atoms with Crippen LogP contribution in [-0.2, 0) is 33.0 Å². The molecule has 0 bridgehead atoms. The molecule has 130 valence electrons. The molecule has 1 fully saturated rings. The first-order valence-corrected chi connectivity index (χ1v) is 8.69. The standard InChI is InChI=1S/C20H27NO3/c1-5-19(22)21(14(2)16-8-9-23-12-16)11-15-6-7-18-17(10-15)13-24-20(18,3)4/h5-7,10,14,16H,1,8-9,11-13H2,2-4H3. The molecule has 0 aliphatic carbocycles. The molecular weight excluding hydrogens is 302 g/mol. The third-order valence-corrected chi connectivity index (χ3v) is 5.36. The molecule has 0 N–H and O–H groups in total. The van der Waals surface area contributed by atoms with Crippen molar-refractivity contribution in [1.82, 2.24) is 4.90 Å². The van der Waals surface area contributed by atoms with Crippen molar-refractivity contribution in [1.29, 1.82) is 0 Å². The molecule has 0 radical (unpaired) electrons. The second kappa shape index (κ2) is 6.69. The van der Waals surface area contributed by atoms with Crippen LogP contribution in [0.25, 0.3) is 0 Å². The van der Waals surface area contributed by atoms with Gasteiger partial charge >= 0.3 is 0 Å². The van der Waals surface area contributed by atoms with Gasteiger partial charge in [-0.25, -0.2) is 0 Å². The van der Waals surface area contributed by atoms with E-state index >= 15 is 0 Å². The molecule has 2 aliphatic heterocycles. The van der Waals surface area contributed by atoms with E-state index in [4.69, 9.17) is 9.47 Å². The molecular formula is C20H27NO3. The number of fused-ring (bicyclic) bond motifs is 1. The summed E-state index contributed by atoms with van der Waals surface area (Å²) in [5.74, 6) is 0.372. The molecule has 0 saturated carbocycles. The predicted molar refractivity (Wildman–Crippen MR) is 93.4 cm³/mol. The zero-order valence-electron chi connectivity index (χ0n) is 14.9. The maximum absolute atomic E-state index is 12.4. The third-order valence-electron chi connectivity index (χ3n) is 5.36. The Balaban J connectivity index is 1.80. The van der Waals surface area contributed by atoms with E-state index in [-0.39, 0.29) is 17.6 Å². The van der Waals surface area contributed by atoms with Gasteiger partial charge in [0.05, 0.1) is 18.8 Å². The molecule has 1 amide bonds. The number of carbonyl (C=O) groups excluding carboxylic acids is 1. The number of carbonyl (C=O) groups is 1. The van der Waals surface area contributed by atoms with Gasteiger partial charge in [-0.05, 0) is 50.0 Å². The first-order chi connectivity index (χ1) is 11.4. The van der Waals surface area contributed by atoms with Crippen molar-refractivity contribution in [3.8, 4) is 0 Å². The number of nitrogens with zero attached hydrogens (tertiary/aromatic N) is 1. The van der Waals surface area contributed by atoms with Gasteiger partial charge in [-0.2, -0.15) is 0 Å². The molecule has 1 aromatic carbocycles. The summed E-state index contributed by atoms with van der Waals surface area (Å²) < 4.78 is 11.3. The van der Waals surface area contributed by atoms with Crippen molar-refractivity contribution in [2.24, 2.45) is 5.92 Å². The van der Waals surface area contributed by atoms with Gasteiger partial charge in [0.1, 0.15) is 0 Å². The normalized spacial score (nSPS) is 22.9. The summed E-state index contributed by atoms with van der Waals surface area (Å²) >= 11 is 0. The zero-order chi connectivity index (χ0) is 17.3. The van der Waals surface area contributed by atoms with Gasteiger partial charge in [0.25, 0.3) is 0 Å². The number of hydrogen-bond acceptors (Lipinski definition) is 3. The summed E-state index contributed by atoms with van der Waals surface area (Å²) in [6.07, 6.45) is 2.42. The Hall–Kier alpha value is -1.65. The second-order valence-corrected chi connectivity index (χ2v) is 7.33. The molecule has 2 atom stereocenters. The van der Waals surface area contributed by atoms with E-state index in [1.165, 1.54) is 17.2 Å². The van der Waals surface area contributed by atoms with Crippen LogP contribution >= 0.6 is 0 Å². The van der Waals surface area contributed by atoms with Crippen LogP contribution in [0.1, 0.15) is 43.9 Å². The maximum Gasteiger partial charge on any atom is 0.246 e. The fraction of sp³-hybridized carbons (Fsp3) is 0.550. The minimum absolute atomic E-state index is 0.0218. The summed E-state index contributed by atoms with van der Waals surface area (Å²) in [7, 11) is 0. The molecule has 4 nitrogen and oxygen atoms in total. The van der Waals surface area contributed by atoms with Gasteiger partial charge < -0.3 is 14.4 Å². The lowest BCUT2D eigenvalue weighted by Gasteiger charge is -2.32. The highest BCUT2D eigenvalue weighted by Crippen LogP contribution is 2.36. The summed E-state index contributed by atoms with van der Waals surface area (Å²) in [4.78, 5) is 14.3. The lowest BCUT2D eigenvalue weighted by atomic mass is 9.94. The maximum atomic E-state index is 12.4. The largest absolute Gasteiger partial charge is 0.381 e. The average Bonchev–Trinajstić information content (AvgIpc) is 3.20. The zero-order valence-corrected chi connectivity index (χ0v) is 14.9. The molecule has 1 saturated heterocycles. The highest BCUT2D eigenvalue weighted by atomic mass is 16.5. The smallest absolute Gasteiger partial charge is 0.246 e. The Kier molecular flexibility index (Phi) is 4.79. The van der Waals surface area contributed by atoms with E-state index in [1.807, 2.05) is 4.90 Å². The van der Waals surface area contributed by atoms with Crippen molar-refractivity contribution in [3.05, 3.63) is 47.5 Å². The van der Waals surface area contributed by atoms with Gasteiger partial charge in [-0.3, -0.25) is 4.79 Å². The van der Waals surface area contributed by atoms with Crippen molar-refractivity contribution in [2.45, 2.75) is 52.0 Å². The highest BCUT2D eigenvalue weighted by Gasteiger charge is 2.32. The summed E-state index contributed by atoms with van der Waals surface area (Å²) in [6, 6.07) is 6.55. The van der Waals surface area contributed by atoms with Gasteiger partial charge in [0.2, 0.25) is 5.91 Å². The second-order valence-electron chi connectivity index (χ2n) is 7.33. The molecule has 2 unspecified atom stereocenters. The van der Waals surface area contributed by atoms with Crippen molar-refractivity contribution in [2.75, 3.05) is 13.2 Å².